The second-order valence-corrected chi connectivity index (χ2v) is 5.11. The minimum Gasteiger partial charge on any atom is -0.464 e. The predicted octanol–water partition coefficient (Wildman–Crippen LogP) is 2.52. The number of aromatic nitrogens is 1. The van der Waals surface area contributed by atoms with Crippen molar-refractivity contribution < 1.29 is 14.7 Å². The quantitative estimate of drug-likeness (QED) is 0.850. The number of pyridine rings is 1. The second kappa shape index (κ2) is 6.21. The molecule has 0 saturated carbocycles. The maximum Gasteiger partial charge on any atom is 0.426 e. The molecule has 1 aromatic carbocycles. The van der Waals surface area contributed by atoms with Gasteiger partial charge in [0.15, 0.2) is 0 Å². The molecule has 0 bridgehead atoms. The predicted molar refractivity (Wildman–Crippen MR) is 78.8 cm³/mol. The first-order chi connectivity index (χ1) is 9.99. The van der Waals surface area contributed by atoms with Crippen molar-refractivity contribution in [3.05, 3.63) is 42.1 Å². The number of para-hydroxylation sites is 1. The van der Waals surface area contributed by atoms with E-state index in [9.17, 15) is 9.59 Å². The standard InChI is InChI=1S/C15H17N3O3/c1-10(2)9-18(15(20)21)17-14(19)12-7-3-5-11-6-4-8-16-13(11)12/h3-8,10H,9H2,1-2H3,(H,17,19)(H,20,21). The zero-order chi connectivity index (χ0) is 15.4. The van der Waals surface area contributed by atoms with Crippen LogP contribution in [0.2, 0.25) is 0 Å². The van der Waals surface area contributed by atoms with E-state index in [0.717, 1.165) is 10.4 Å². The van der Waals surface area contributed by atoms with Gasteiger partial charge in [0, 0.05) is 18.1 Å². The summed E-state index contributed by atoms with van der Waals surface area (Å²) >= 11 is 0. The third kappa shape index (κ3) is 3.47. The molecule has 2 N–H and O–H groups in total. The Morgan fingerprint density at radius 2 is 2.00 bits per heavy atom. The van der Waals surface area contributed by atoms with Crippen molar-refractivity contribution >= 4 is 22.9 Å². The van der Waals surface area contributed by atoms with Gasteiger partial charge in [-0.25, -0.2) is 9.80 Å². The smallest absolute Gasteiger partial charge is 0.426 e. The fourth-order valence-corrected chi connectivity index (χ4v) is 2.01. The molecule has 2 amide bonds. The Bertz CT molecular complexity index is 665. The Balaban J connectivity index is 2.27. The number of rotatable bonds is 3. The summed E-state index contributed by atoms with van der Waals surface area (Å²) in [5, 5.41) is 10.9. The van der Waals surface area contributed by atoms with Gasteiger partial charge < -0.3 is 5.11 Å². The molecular formula is C15H17N3O3. The van der Waals surface area contributed by atoms with Crippen LogP contribution in [-0.4, -0.2) is 33.6 Å². The summed E-state index contributed by atoms with van der Waals surface area (Å²) in [7, 11) is 0. The van der Waals surface area contributed by atoms with E-state index in [0.29, 0.717) is 11.1 Å². The van der Waals surface area contributed by atoms with Gasteiger partial charge in [0.1, 0.15) is 0 Å². The number of benzene rings is 1. The molecule has 1 aromatic heterocycles. The monoisotopic (exact) mass is 287 g/mol. The highest BCUT2D eigenvalue weighted by Crippen LogP contribution is 2.15. The molecule has 0 aliphatic rings. The van der Waals surface area contributed by atoms with Crippen LogP contribution in [0.15, 0.2) is 36.5 Å². The van der Waals surface area contributed by atoms with E-state index >= 15 is 0 Å². The zero-order valence-electron chi connectivity index (χ0n) is 11.9. The molecule has 21 heavy (non-hydrogen) atoms. The fraction of sp³-hybridized carbons (Fsp3) is 0.267. The van der Waals surface area contributed by atoms with E-state index < -0.39 is 12.0 Å². The maximum atomic E-state index is 12.3. The van der Waals surface area contributed by atoms with Crippen molar-refractivity contribution in [3.63, 3.8) is 0 Å². The largest absolute Gasteiger partial charge is 0.464 e. The van der Waals surface area contributed by atoms with Crippen molar-refractivity contribution in [1.29, 1.82) is 0 Å². The van der Waals surface area contributed by atoms with Crippen molar-refractivity contribution in [2.45, 2.75) is 13.8 Å². The summed E-state index contributed by atoms with van der Waals surface area (Å²) in [4.78, 5) is 27.6. The van der Waals surface area contributed by atoms with E-state index in [1.165, 1.54) is 0 Å². The Labute approximate surface area is 122 Å². The van der Waals surface area contributed by atoms with Crippen molar-refractivity contribution in [3.8, 4) is 0 Å². The van der Waals surface area contributed by atoms with Crippen LogP contribution in [0, 0.1) is 5.92 Å². The van der Waals surface area contributed by atoms with Crippen LogP contribution >= 0.6 is 0 Å². The zero-order valence-corrected chi connectivity index (χ0v) is 11.9. The molecule has 2 aromatic rings. The topological polar surface area (TPSA) is 82.5 Å². The molecule has 0 saturated heterocycles. The normalized spacial score (nSPS) is 10.6. The first-order valence-corrected chi connectivity index (χ1v) is 6.64. The minimum absolute atomic E-state index is 0.104. The Kier molecular flexibility index (Phi) is 4.37. The Hall–Kier alpha value is -2.63. The molecule has 0 unspecified atom stereocenters. The van der Waals surface area contributed by atoms with Gasteiger partial charge in [-0.05, 0) is 18.1 Å². The third-order valence-corrected chi connectivity index (χ3v) is 2.89. The number of nitrogens with zero attached hydrogens (tertiary/aromatic N) is 2. The SMILES string of the molecule is CC(C)CN(NC(=O)c1cccc2cccnc12)C(=O)O. The summed E-state index contributed by atoms with van der Waals surface area (Å²) < 4.78 is 0. The number of carbonyl (C=O) groups is 2. The van der Waals surface area contributed by atoms with E-state index in [-0.39, 0.29) is 12.5 Å². The lowest BCUT2D eigenvalue weighted by Gasteiger charge is -2.22. The van der Waals surface area contributed by atoms with Crippen LogP contribution in [0.3, 0.4) is 0 Å². The average molecular weight is 287 g/mol. The van der Waals surface area contributed by atoms with E-state index in [1.807, 2.05) is 26.0 Å². The molecule has 0 aliphatic carbocycles. The van der Waals surface area contributed by atoms with Crippen LogP contribution in [0.25, 0.3) is 10.9 Å². The molecule has 0 atom stereocenters. The third-order valence-electron chi connectivity index (χ3n) is 2.89. The minimum atomic E-state index is -1.19. The summed E-state index contributed by atoms with van der Waals surface area (Å²) in [5.41, 5.74) is 3.31. The number of hydrogen-bond donors (Lipinski definition) is 2. The highest BCUT2D eigenvalue weighted by molar-refractivity contribution is 6.05. The first-order valence-electron chi connectivity index (χ1n) is 6.64. The summed E-state index contributed by atoms with van der Waals surface area (Å²) in [6, 6.07) is 8.85. The highest BCUT2D eigenvalue weighted by atomic mass is 16.4. The van der Waals surface area contributed by atoms with Crippen molar-refractivity contribution in [2.24, 2.45) is 5.92 Å². The number of hydrogen-bond acceptors (Lipinski definition) is 3. The van der Waals surface area contributed by atoms with Crippen LogP contribution in [0.4, 0.5) is 4.79 Å². The van der Waals surface area contributed by atoms with Crippen LogP contribution in [0.1, 0.15) is 24.2 Å². The maximum absolute atomic E-state index is 12.3. The van der Waals surface area contributed by atoms with E-state index in [1.54, 1.807) is 24.4 Å². The first kappa shape index (κ1) is 14.8. The van der Waals surface area contributed by atoms with Gasteiger partial charge >= 0.3 is 6.09 Å². The van der Waals surface area contributed by atoms with Crippen LogP contribution in [0.5, 0.6) is 0 Å². The Morgan fingerprint density at radius 3 is 2.67 bits per heavy atom. The molecule has 2 rings (SSSR count). The lowest BCUT2D eigenvalue weighted by atomic mass is 10.1. The molecule has 0 spiro atoms. The highest BCUT2D eigenvalue weighted by Gasteiger charge is 2.18. The molecule has 1 heterocycles. The van der Waals surface area contributed by atoms with Gasteiger partial charge in [-0.2, -0.15) is 0 Å². The lowest BCUT2D eigenvalue weighted by molar-refractivity contribution is 0.0733. The van der Waals surface area contributed by atoms with Gasteiger partial charge in [-0.1, -0.05) is 32.0 Å². The summed E-state index contributed by atoms with van der Waals surface area (Å²) in [6.45, 7) is 3.97. The van der Waals surface area contributed by atoms with Crippen LogP contribution in [-0.2, 0) is 0 Å². The van der Waals surface area contributed by atoms with Crippen molar-refractivity contribution in [1.82, 2.24) is 15.4 Å². The van der Waals surface area contributed by atoms with Gasteiger partial charge in [-0.3, -0.25) is 15.2 Å². The van der Waals surface area contributed by atoms with Crippen LogP contribution < -0.4 is 5.43 Å². The number of nitrogens with one attached hydrogen (secondary N) is 1. The number of carbonyl (C=O) groups excluding carboxylic acids is 1. The van der Waals surface area contributed by atoms with Gasteiger partial charge in [0.05, 0.1) is 11.1 Å². The van der Waals surface area contributed by atoms with Gasteiger partial charge in [0.25, 0.3) is 5.91 Å². The average Bonchev–Trinajstić information content (AvgIpc) is 2.45. The summed E-state index contributed by atoms with van der Waals surface area (Å²) in [5.74, 6) is -0.380. The van der Waals surface area contributed by atoms with Gasteiger partial charge in [0.2, 0.25) is 0 Å². The number of carboxylic acid groups (broad SMARTS) is 1. The summed E-state index contributed by atoms with van der Waals surface area (Å²) in [6.07, 6.45) is 0.410. The Morgan fingerprint density at radius 1 is 1.29 bits per heavy atom. The number of amides is 2. The number of fused-ring (bicyclic) bond motifs is 1. The molecule has 6 nitrogen and oxygen atoms in total. The second-order valence-electron chi connectivity index (χ2n) is 5.11. The fourth-order valence-electron chi connectivity index (χ4n) is 2.01. The molecule has 6 heteroatoms. The molecule has 0 aliphatic heterocycles. The molecule has 0 radical (unpaired) electrons. The van der Waals surface area contributed by atoms with E-state index in [2.05, 4.69) is 10.4 Å². The van der Waals surface area contributed by atoms with Gasteiger partial charge in [-0.15, -0.1) is 0 Å². The number of hydrazine groups is 1. The molecular weight excluding hydrogens is 270 g/mol. The lowest BCUT2D eigenvalue weighted by Crippen LogP contribution is -2.47. The van der Waals surface area contributed by atoms with E-state index in [4.69, 9.17) is 5.11 Å². The van der Waals surface area contributed by atoms with Crippen molar-refractivity contribution in [2.75, 3.05) is 6.54 Å². The molecule has 0 fully saturated rings. The molecule has 110 valence electrons.